The van der Waals surface area contributed by atoms with Crippen LogP contribution in [0, 0.1) is 6.92 Å². The van der Waals surface area contributed by atoms with E-state index in [-0.39, 0.29) is 0 Å². The van der Waals surface area contributed by atoms with Crippen molar-refractivity contribution < 1.29 is 0 Å². The zero-order valence-electron chi connectivity index (χ0n) is 13.9. The fourth-order valence-corrected chi connectivity index (χ4v) is 3.70. The fourth-order valence-electron chi connectivity index (χ4n) is 3.40. The molecule has 126 valence electrons. The second-order valence-electron chi connectivity index (χ2n) is 6.39. The van der Waals surface area contributed by atoms with Crippen LogP contribution in [0.3, 0.4) is 0 Å². The highest BCUT2D eigenvalue weighted by Crippen LogP contribution is 2.30. The number of nitrogens with one attached hydrogen (secondary N) is 1. The van der Waals surface area contributed by atoms with E-state index in [1.165, 1.54) is 16.7 Å². The summed E-state index contributed by atoms with van der Waals surface area (Å²) in [6.45, 7) is 2.04. The van der Waals surface area contributed by atoms with Crippen LogP contribution in [0.2, 0.25) is 10.0 Å². The standard InChI is InChI=1S/C21H18Cl2N2/c1-13-21(16-9-10-18(22)19(23)11-16)25-20(24-13)12-15-7-4-6-14-5-2-3-8-17(14)15/h3-4,6-11H,2,5,12H2,1H3,(H,24,25). The van der Waals surface area contributed by atoms with Gasteiger partial charge in [-0.15, -0.1) is 0 Å². The number of benzene rings is 2. The van der Waals surface area contributed by atoms with E-state index in [0.717, 1.165) is 42.0 Å². The Morgan fingerprint density at radius 3 is 2.84 bits per heavy atom. The third kappa shape index (κ3) is 3.24. The van der Waals surface area contributed by atoms with Crippen LogP contribution < -0.4 is 0 Å². The summed E-state index contributed by atoms with van der Waals surface area (Å²) in [7, 11) is 0. The number of aromatic amines is 1. The molecule has 0 atom stereocenters. The number of rotatable bonds is 3. The first-order chi connectivity index (χ1) is 12.1. The highest BCUT2D eigenvalue weighted by molar-refractivity contribution is 6.42. The summed E-state index contributed by atoms with van der Waals surface area (Å²) in [5, 5.41) is 1.10. The maximum absolute atomic E-state index is 6.15. The van der Waals surface area contributed by atoms with Crippen molar-refractivity contribution in [3.05, 3.63) is 80.7 Å². The first-order valence-corrected chi connectivity index (χ1v) is 9.15. The topological polar surface area (TPSA) is 28.7 Å². The van der Waals surface area contributed by atoms with Gasteiger partial charge < -0.3 is 4.98 Å². The summed E-state index contributed by atoms with van der Waals surface area (Å²) in [6.07, 6.45) is 7.52. The number of halogens is 2. The summed E-state index contributed by atoms with van der Waals surface area (Å²) in [5.41, 5.74) is 7.02. The molecule has 0 bridgehead atoms. The number of aromatic nitrogens is 2. The minimum absolute atomic E-state index is 0.547. The molecule has 2 aromatic carbocycles. The second-order valence-corrected chi connectivity index (χ2v) is 7.21. The number of H-pyrrole nitrogens is 1. The van der Waals surface area contributed by atoms with Crippen LogP contribution in [0.5, 0.6) is 0 Å². The fraction of sp³-hybridized carbons (Fsp3) is 0.190. The van der Waals surface area contributed by atoms with Crippen molar-refractivity contribution in [2.24, 2.45) is 0 Å². The van der Waals surface area contributed by atoms with Gasteiger partial charge in [-0.2, -0.15) is 0 Å². The molecule has 4 heteroatoms. The smallest absolute Gasteiger partial charge is 0.111 e. The molecule has 1 aliphatic rings. The van der Waals surface area contributed by atoms with Crippen LogP contribution in [-0.4, -0.2) is 9.97 Å². The highest BCUT2D eigenvalue weighted by Gasteiger charge is 2.14. The number of hydrogen-bond donors (Lipinski definition) is 1. The van der Waals surface area contributed by atoms with Crippen molar-refractivity contribution in [2.45, 2.75) is 26.2 Å². The summed E-state index contributed by atoms with van der Waals surface area (Å²) < 4.78 is 0. The van der Waals surface area contributed by atoms with Gasteiger partial charge in [0.1, 0.15) is 5.82 Å². The summed E-state index contributed by atoms with van der Waals surface area (Å²) in [4.78, 5) is 8.23. The minimum Gasteiger partial charge on any atom is -0.345 e. The average Bonchev–Trinajstić information content (AvgIpc) is 2.98. The molecule has 0 saturated carbocycles. The summed E-state index contributed by atoms with van der Waals surface area (Å²) in [5.74, 6) is 0.964. The molecule has 0 aliphatic heterocycles. The van der Waals surface area contributed by atoms with Gasteiger partial charge in [0, 0.05) is 17.7 Å². The van der Waals surface area contributed by atoms with E-state index >= 15 is 0 Å². The Labute approximate surface area is 157 Å². The van der Waals surface area contributed by atoms with E-state index in [9.17, 15) is 0 Å². The molecule has 1 aromatic heterocycles. The Balaban J connectivity index is 1.68. The van der Waals surface area contributed by atoms with E-state index in [1.807, 2.05) is 25.1 Å². The van der Waals surface area contributed by atoms with Gasteiger partial charge >= 0.3 is 0 Å². The molecule has 3 aromatic rings. The molecule has 0 radical (unpaired) electrons. The average molecular weight is 369 g/mol. The van der Waals surface area contributed by atoms with Gasteiger partial charge in [0.2, 0.25) is 0 Å². The third-order valence-electron chi connectivity index (χ3n) is 4.64. The number of allylic oxidation sites excluding steroid dienone is 1. The molecule has 0 spiro atoms. The molecule has 2 nitrogen and oxygen atoms in total. The van der Waals surface area contributed by atoms with Crippen LogP contribution >= 0.6 is 23.2 Å². The van der Waals surface area contributed by atoms with E-state index < -0.39 is 0 Å². The van der Waals surface area contributed by atoms with Crippen molar-refractivity contribution in [3.63, 3.8) is 0 Å². The van der Waals surface area contributed by atoms with Crippen LogP contribution in [0.25, 0.3) is 17.3 Å². The summed E-state index contributed by atoms with van der Waals surface area (Å²) >= 11 is 12.2. The van der Waals surface area contributed by atoms with Crippen molar-refractivity contribution >= 4 is 29.3 Å². The Morgan fingerprint density at radius 1 is 1.12 bits per heavy atom. The lowest BCUT2D eigenvalue weighted by molar-refractivity contribution is 0.960. The Morgan fingerprint density at radius 2 is 2.00 bits per heavy atom. The number of hydrogen-bond acceptors (Lipinski definition) is 1. The van der Waals surface area contributed by atoms with E-state index in [0.29, 0.717) is 10.0 Å². The van der Waals surface area contributed by atoms with Crippen LogP contribution in [0.4, 0.5) is 0 Å². The molecule has 4 rings (SSSR count). The van der Waals surface area contributed by atoms with Gasteiger partial charge in [0.15, 0.2) is 0 Å². The van der Waals surface area contributed by atoms with Crippen molar-refractivity contribution in [2.75, 3.05) is 0 Å². The number of imidazole rings is 1. The maximum Gasteiger partial charge on any atom is 0.111 e. The Hall–Kier alpha value is -2.03. The predicted octanol–water partition coefficient (Wildman–Crippen LogP) is 6.24. The van der Waals surface area contributed by atoms with E-state index in [4.69, 9.17) is 28.2 Å². The lowest BCUT2D eigenvalue weighted by Gasteiger charge is -2.14. The normalized spacial score (nSPS) is 13.1. The monoisotopic (exact) mass is 368 g/mol. The van der Waals surface area contributed by atoms with Gasteiger partial charge in [-0.1, -0.05) is 59.6 Å². The lowest BCUT2D eigenvalue weighted by atomic mass is 9.92. The molecule has 0 unspecified atom stereocenters. The van der Waals surface area contributed by atoms with Gasteiger partial charge in [-0.3, -0.25) is 0 Å². The van der Waals surface area contributed by atoms with Gasteiger partial charge in [-0.25, -0.2) is 4.98 Å². The Kier molecular flexibility index (Phi) is 4.41. The quantitative estimate of drug-likeness (QED) is 0.581. The van der Waals surface area contributed by atoms with Gasteiger partial charge in [0.25, 0.3) is 0 Å². The second kappa shape index (κ2) is 6.70. The minimum atomic E-state index is 0.547. The van der Waals surface area contributed by atoms with Crippen LogP contribution in [0.15, 0.2) is 42.5 Å². The SMILES string of the molecule is Cc1[nH]c(Cc2cccc3c2C=CCC3)nc1-c1ccc(Cl)c(Cl)c1. The van der Waals surface area contributed by atoms with Crippen LogP contribution in [0.1, 0.15) is 34.6 Å². The molecule has 25 heavy (non-hydrogen) atoms. The van der Waals surface area contributed by atoms with E-state index in [1.54, 1.807) is 0 Å². The molecule has 1 heterocycles. The third-order valence-corrected chi connectivity index (χ3v) is 5.38. The summed E-state index contributed by atoms with van der Waals surface area (Å²) in [6, 6.07) is 12.2. The van der Waals surface area contributed by atoms with Crippen LogP contribution in [-0.2, 0) is 12.8 Å². The zero-order valence-corrected chi connectivity index (χ0v) is 15.5. The largest absolute Gasteiger partial charge is 0.345 e. The molecule has 0 amide bonds. The number of nitrogens with zero attached hydrogens (tertiary/aromatic N) is 1. The Bertz CT molecular complexity index is 970. The molecule has 0 fully saturated rings. The van der Waals surface area contributed by atoms with Gasteiger partial charge in [-0.05, 0) is 48.6 Å². The predicted molar refractivity (Wildman–Crippen MR) is 105 cm³/mol. The maximum atomic E-state index is 6.15. The molecule has 0 saturated heterocycles. The number of aryl methyl sites for hydroxylation is 2. The molecule has 1 N–H and O–H groups in total. The number of fused-ring (bicyclic) bond motifs is 1. The van der Waals surface area contributed by atoms with Crippen molar-refractivity contribution in [1.82, 2.24) is 9.97 Å². The zero-order chi connectivity index (χ0) is 17.4. The highest BCUT2D eigenvalue weighted by atomic mass is 35.5. The molecular weight excluding hydrogens is 351 g/mol. The van der Waals surface area contributed by atoms with E-state index in [2.05, 4.69) is 35.3 Å². The van der Waals surface area contributed by atoms with Crippen molar-refractivity contribution in [1.29, 1.82) is 0 Å². The molecular formula is C21H18Cl2N2. The molecule has 1 aliphatic carbocycles. The first-order valence-electron chi connectivity index (χ1n) is 8.40. The first kappa shape index (κ1) is 16.4. The van der Waals surface area contributed by atoms with Crippen molar-refractivity contribution in [3.8, 4) is 11.3 Å². The van der Waals surface area contributed by atoms with Gasteiger partial charge in [0.05, 0.1) is 15.7 Å². The lowest BCUT2D eigenvalue weighted by Crippen LogP contribution is -2.01.